The summed E-state index contributed by atoms with van der Waals surface area (Å²) < 4.78 is 10.9. The summed E-state index contributed by atoms with van der Waals surface area (Å²) in [7, 11) is -0.784. The van der Waals surface area contributed by atoms with Crippen LogP contribution >= 0.6 is 0 Å². The SMILES string of the molecule is CS(=O)CCCNC(=O)c1ccc2c(c1)CNC2. The number of hydrogen-bond acceptors (Lipinski definition) is 3. The molecule has 4 nitrogen and oxygen atoms in total. The highest BCUT2D eigenvalue weighted by Crippen LogP contribution is 2.16. The monoisotopic (exact) mass is 266 g/mol. The first kappa shape index (κ1) is 13.2. The molecule has 2 N–H and O–H groups in total. The summed E-state index contributed by atoms with van der Waals surface area (Å²) in [5.74, 6) is 0.584. The molecule has 1 unspecified atom stereocenters. The largest absolute Gasteiger partial charge is 0.352 e. The lowest BCUT2D eigenvalue weighted by Gasteiger charge is -2.06. The topological polar surface area (TPSA) is 58.2 Å². The molecule has 0 radical (unpaired) electrons. The number of carbonyl (C=O) groups is 1. The number of hydrogen-bond donors (Lipinski definition) is 2. The van der Waals surface area contributed by atoms with Gasteiger partial charge in [-0.2, -0.15) is 0 Å². The molecule has 0 aliphatic carbocycles. The van der Waals surface area contributed by atoms with Crippen molar-refractivity contribution in [3.05, 3.63) is 34.9 Å². The Morgan fingerprint density at radius 2 is 2.17 bits per heavy atom. The fourth-order valence-corrected chi connectivity index (χ4v) is 2.57. The van der Waals surface area contributed by atoms with Crippen molar-refractivity contribution in [1.29, 1.82) is 0 Å². The molecule has 0 fully saturated rings. The van der Waals surface area contributed by atoms with Gasteiger partial charge in [-0.15, -0.1) is 0 Å². The van der Waals surface area contributed by atoms with Gasteiger partial charge in [0.25, 0.3) is 5.91 Å². The van der Waals surface area contributed by atoms with E-state index in [0.717, 1.165) is 19.5 Å². The molecule has 1 aliphatic rings. The van der Waals surface area contributed by atoms with Gasteiger partial charge in [0.15, 0.2) is 0 Å². The van der Waals surface area contributed by atoms with Crippen molar-refractivity contribution in [3.63, 3.8) is 0 Å². The molecular weight excluding hydrogens is 248 g/mol. The Hall–Kier alpha value is -1.20. The van der Waals surface area contributed by atoms with Gasteiger partial charge in [0.05, 0.1) is 0 Å². The zero-order valence-corrected chi connectivity index (χ0v) is 11.3. The first-order chi connectivity index (χ1) is 8.66. The van der Waals surface area contributed by atoms with Crippen LogP contribution in [0.4, 0.5) is 0 Å². The van der Waals surface area contributed by atoms with E-state index in [0.29, 0.717) is 17.9 Å². The highest BCUT2D eigenvalue weighted by Gasteiger charge is 2.12. The van der Waals surface area contributed by atoms with Crippen molar-refractivity contribution >= 4 is 16.7 Å². The maximum atomic E-state index is 11.9. The third kappa shape index (κ3) is 3.40. The van der Waals surface area contributed by atoms with Gasteiger partial charge in [0.1, 0.15) is 0 Å². The second kappa shape index (κ2) is 6.11. The fourth-order valence-electron chi connectivity index (χ4n) is 2.02. The van der Waals surface area contributed by atoms with Gasteiger partial charge >= 0.3 is 0 Å². The maximum absolute atomic E-state index is 11.9. The summed E-state index contributed by atoms with van der Waals surface area (Å²) >= 11 is 0. The minimum absolute atomic E-state index is 0.0495. The Morgan fingerprint density at radius 3 is 2.94 bits per heavy atom. The molecule has 1 heterocycles. The Bertz CT molecular complexity index is 474. The normalized spacial score (nSPS) is 15.2. The van der Waals surface area contributed by atoms with Crippen molar-refractivity contribution in [1.82, 2.24) is 10.6 Å². The standard InChI is InChI=1S/C13H18N2O2S/c1-18(17)6-2-5-15-13(16)10-3-4-11-8-14-9-12(11)7-10/h3-4,7,14H,2,5-6,8-9H2,1H3,(H,15,16). The Kier molecular flexibility index (Phi) is 4.49. The Balaban J connectivity index is 1.87. The van der Waals surface area contributed by atoms with Crippen molar-refractivity contribution in [2.45, 2.75) is 19.5 Å². The van der Waals surface area contributed by atoms with E-state index in [1.807, 2.05) is 18.2 Å². The van der Waals surface area contributed by atoms with E-state index in [2.05, 4.69) is 10.6 Å². The number of rotatable bonds is 5. The summed E-state index contributed by atoms with van der Waals surface area (Å²) in [5, 5.41) is 6.10. The summed E-state index contributed by atoms with van der Waals surface area (Å²) in [4.78, 5) is 11.9. The minimum Gasteiger partial charge on any atom is -0.352 e. The molecule has 0 spiro atoms. The number of amides is 1. The van der Waals surface area contributed by atoms with Crippen LogP contribution in [0.3, 0.4) is 0 Å². The zero-order chi connectivity index (χ0) is 13.0. The highest BCUT2D eigenvalue weighted by molar-refractivity contribution is 7.84. The molecule has 1 aromatic rings. The molecule has 1 aliphatic heterocycles. The number of nitrogens with one attached hydrogen (secondary N) is 2. The average Bonchev–Trinajstić information content (AvgIpc) is 2.81. The fraction of sp³-hybridized carbons (Fsp3) is 0.462. The van der Waals surface area contributed by atoms with Gasteiger partial charge < -0.3 is 10.6 Å². The number of benzene rings is 1. The van der Waals surface area contributed by atoms with E-state index >= 15 is 0 Å². The Morgan fingerprint density at radius 1 is 1.39 bits per heavy atom. The van der Waals surface area contributed by atoms with Gasteiger partial charge in [-0.3, -0.25) is 9.00 Å². The van der Waals surface area contributed by atoms with E-state index in [1.165, 1.54) is 11.1 Å². The van der Waals surface area contributed by atoms with Gasteiger partial charge in [-0.05, 0) is 29.7 Å². The van der Waals surface area contributed by atoms with Crippen LogP contribution in [-0.2, 0) is 23.9 Å². The molecule has 1 amide bonds. The van der Waals surface area contributed by atoms with Gasteiger partial charge in [-0.25, -0.2) is 0 Å². The first-order valence-electron chi connectivity index (χ1n) is 6.07. The van der Waals surface area contributed by atoms with E-state index < -0.39 is 10.8 Å². The van der Waals surface area contributed by atoms with Crippen molar-refractivity contribution in [3.8, 4) is 0 Å². The molecule has 1 atom stereocenters. The molecule has 98 valence electrons. The lowest BCUT2D eigenvalue weighted by molar-refractivity contribution is 0.0953. The maximum Gasteiger partial charge on any atom is 0.251 e. The number of carbonyl (C=O) groups excluding carboxylic acids is 1. The van der Waals surface area contributed by atoms with Crippen LogP contribution in [0.5, 0.6) is 0 Å². The lowest BCUT2D eigenvalue weighted by Crippen LogP contribution is -2.25. The van der Waals surface area contributed by atoms with E-state index in [1.54, 1.807) is 6.26 Å². The first-order valence-corrected chi connectivity index (χ1v) is 7.80. The van der Waals surface area contributed by atoms with Crippen LogP contribution in [-0.4, -0.2) is 28.7 Å². The summed E-state index contributed by atoms with van der Waals surface area (Å²) in [5.41, 5.74) is 3.18. The Labute approximate surface area is 110 Å². The summed E-state index contributed by atoms with van der Waals surface area (Å²) in [6.07, 6.45) is 2.43. The minimum atomic E-state index is -0.784. The quantitative estimate of drug-likeness (QED) is 0.775. The summed E-state index contributed by atoms with van der Waals surface area (Å²) in [6, 6.07) is 5.81. The number of fused-ring (bicyclic) bond motifs is 1. The third-order valence-corrected chi connectivity index (χ3v) is 3.86. The van der Waals surface area contributed by atoms with Gasteiger partial charge in [0, 0.05) is 48.0 Å². The molecule has 0 aromatic heterocycles. The zero-order valence-electron chi connectivity index (χ0n) is 10.5. The average molecular weight is 266 g/mol. The van der Waals surface area contributed by atoms with Gasteiger partial charge in [0.2, 0.25) is 0 Å². The van der Waals surface area contributed by atoms with Crippen LogP contribution in [0, 0.1) is 0 Å². The van der Waals surface area contributed by atoms with Crippen LogP contribution in [0.15, 0.2) is 18.2 Å². The van der Waals surface area contributed by atoms with Crippen molar-refractivity contribution in [2.24, 2.45) is 0 Å². The van der Waals surface area contributed by atoms with Crippen LogP contribution < -0.4 is 10.6 Å². The highest BCUT2D eigenvalue weighted by atomic mass is 32.2. The molecule has 18 heavy (non-hydrogen) atoms. The van der Waals surface area contributed by atoms with Crippen LogP contribution in [0.1, 0.15) is 27.9 Å². The van der Waals surface area contributed by atoms with Crippen LogP contribution in [0.2, 0.25) is 0 Å². The smallest absolute Gasteiger partial charge is 0.251 e. The van der Waals surface area contributed by atoms with Crippen LogP contribution in [0.25, 0.3) is 0 Å². The molecule has 5 heteroatoms. The lowest BCUT2D eigenvalue weighted by atomic mass is 10.1. The predicted molar refractivity (Wildman–Crippen MR) is 72.9 cm³/mol. The van der Waals surface area contributed by atoms with Crippen molar-refractivity contribution < 1.29 is 9.00 Å². The molecule has 0 saturated heterocycles. The molecule has 0 bridgehead atoms. The summed E-state index contributed by atoms with van der Waals surface area (Å²) in [6.45, 7) is 2.30. The molecule has 0 saturated carbocycles. The van der Waals surface area contributed by atoms with E-state index in [-0.39, 0.29) is 5.91 Å². The van der Waals surface area contributed by atoms with Gasteiger partial charge in [-0.1, -0.05) is 6.07 Å². The van der Waals surface area contributed by atoms with Crippen molar-refractivity contribution in [2.75, 3.05) is 18.6 Å². The second-order valence-corrected chi connectivity index (χ2v) is 6.03. The molecule has 1 aromatic carbocycles. The third-order valence-electron chi connectivity index (χ3n) is 2.99. The predicted octanol–water partition coefficient (Wildman–Crippen LogP) is 0.788. The molecular formula is C13H18N2O2S. The molecule has 2 rings (SSSR count). The van der Waals surface area contributed by atoms with E-state index in [4.69, 9.17) is 0 Å². The second-order valence-electron chi connectivity index (χ2n) is 4.47. The van der Waals surface area contributed by atoms with E-state index in [9.17, 15) is 9.00 Å².